The molecule has 3 N–H and O–H groups in total. The van der Waals surface area contributed by atoms with Gasteiger partial charge in [-0.05, 0) is 38.0 Å². The molecule has 0 bridgehead atoms. The molecule has 0 atom stereocenters. The first-order chi connectivity index (χ1) is 9.66. The average molecular weight is 314 g/mol. The van der Waals surface area contributed by atoms with Crippen LogP contribution in [-0.4, -0.2) is 27.0 Å². The largest absolute Gasteiger partial charge is 0.496 e. The number of nitrogens with one attached hydrogen (secondary N) is 1. The Bertz CT molecular complexity index is 622. The van der Waals surface area contributed by atoms with Gasteiger partial charge in [0.15, 0.2) is 0 Å². The van der Waals surface area contributed by atoms with Crippen LogP contribution in [0.5, 0.6) is 5.75 Å². The second-order valence-corrected chi connectivity index (χ2v) is 6.69. The van der Waals surface area contributed by atoms with Gasteiger partial charge in [-0.3, -0.25) is 4.79 Å². The summed E-state index contributed by atoms with van der Waals surface area (Å²) < 4.78 is 27.9. The molecule has 0 aliphatic rings. The van der Waals surface area contributed by atoms with Crippen LogP contribution in [0.25, 0.3) is 0 Å². The quantitative estimate of drug-likeness (QED) is 0.834. The molecule has 6 nitrogen and oxygen atoms in total. The molecule has 0 aliphatic heterocycles. The van der Waals surface area contributed by atoms with Gasteiger partial charge in [0.05, 0.1) is 17.6 Å². The molecular weight excluding hydrogens is 292 g/mol. The zero-order valence-electron chi connectivity index (χ0n) is 12.8. The standard InChI is InChI=1S/C14H22N2O4S/c1-5-14(3,6-2)16-13(17)11-9-10(21(15,18)19)7-8-12(11)20-4/h7-9H,5-6H2,1-4H3,(H,16,17)(H2,15,18,19). The number of hydrogen-bond acceptors (Lipinski definition) is 4. The predicted octanol–water partition coefficient (Wildman–Crippen LogP) is 1.65. The van der Waals surface area contributed by atoms with E-state index in [4.69, 9.17) is 9.88 Å². The van der Waals surface area contributed by atoms with E-state index in [0.29, 0.717) is 5.75 Å². The fraction of sp³-hybridized carbons (Fsp3) is 0.500. The van der Waals surface area contributed by atoms with Crippen LogP contribution in [0.3, 0.4) is 0 Å². The highest BCUT2D eigenvalue weighted by atomic mass is 32.2. The van der Waals surface area contributed by atoms with Crippen molar-refractivity contribution in [3.8, 4) is 5.75 Å². The number of carbonyl (C=O) groups excluding carboxylic acids is 1. The predicted molar refractivity (Wildman–Crippen MR) is 80.8 cm³/mol. The molecule has 0 aliphatic carbocycles. The lowest BCUT2D eigenvalue weighted by molar-refractivity contribution is 0.0897. The molecule has 0 unspecified atom stereocenters. The SMILES string of the molecule is CCC(C)(CC)NC(=O)c1cc(S(N)(=O)=O)ccc1OC. The van der Waals surface area contributed by atoms with Crippen molar-refractivity contribution in [2.75, 3.05) is 7.11 Å². The topological polar surface area (TPSA) is 98.5 Å². The molecule has 0 radical (unpaired) electrons. The van der Waals surface area contributed by atoms with Gasteiger partial charge in [-0.1, -0.05) is 13.8 Å². The monoisotopic (exact) mass is 314 g/mol. The van der Waals surface area contributed by atoms with Crippen LogP contribution < -0.4 is 15.2 Å². The van der Waals surface area contributed by atoms with Crippen molar-refractivity contribution < 1.29 is 17.9 Å². The Hall–Kier alpha value is -1.60. The maximum absolute atomic E-state index is 12.4. The molecule has 1 amide bonds. The first-order valence-electron chi connectivity index (χ1n) is 6.70. The van der Waals surface area contributed by atoms with Gasteiger partial charge in [0.1, 0.15) is 5.75 Å². The third kappa shape index (κ3) is 4.18. The summed E-state index contributed by atoms with van der Waals surface area (Å²) in [6, 6.07) is 3.96. The van der Waals surface area contributed by atoms with Gasteiger partial charge in [0, 0.05) is 5.54 Å². The Labute approximate surface area is 125 Å². The van der Waals surface area contributed by atoms with Gasteiger partial charge in [0.25, 0.3) is 5.91 Å². The van der Waals surface area contributed by atoms with E-state index in [1.807, 2.05) is 20.8 Å². The smallest absolute Gasteiger partial charge is 0.255 e. The lowest BCUT2D eigenvalue weighted by Crippen LogP contribution is -2.45. The second kappa shape index (κ2) is 6.44. The normalized spacial score (nSPS) is 12.0. The lowest BCUT2D eigenvalue weighted by Gasteiger charge is -2.28. The molecule has 21 heavy (non-hydrogen) atoms. The van der Waals surface area contributed by atoms with Crippen molar-refractivity contribution in [3.05, 3.63) is 23.8 Å². The van der Waals surface area contributed by atoms with Crippen molar-refractivity contribution >= 4 is 15.9 Å². The highest BCUT2D eigenvalue weighted by molar-refractivity contribution is 7.89. The Morgan fingerprint density at radius 2 is 1.90 bits per heavy atom. The van der Waals surface area contributed by atoms with Crippen LogP contribution in [0.2, 0.25) is 0 Å². The summed E-state index contributed by atoms with van der Waals surface area (Å²) in [4.78, 5) is 12.3. The Morgan fingerprint density at radius 3 is 2.33 bits per heavy atom. The van der Waals surface area contributed by atoms with Crippen molar-refractivity contribution in [2.24, 2.45) is 5.14 Å². The molecule has 118 valence electrons. The van der Waals surface area contributed by atoms with Crippen LogP contribution >= 0.6 is 0 Å². The van der Waals surface area contributed by atoms with Crippen molar-refractivity contribution in [2.45, 2.75) is 44.0 Å². The van der Waals surface area contributed by atoms with E-state index in [0.717, 1.165) is 12.8 Å². The fourth-order valence-corrected chi connectivity index (χ4v) is 2.35. The molecule has 0 fully saturated rings. The Kier molecular flexibility index (Phi) is 5.36. The third-order valence-corrected chi connectivity index (χ3v) is 4.63. The molecule has 7 heteroatoms. The van der Waals surface area contributed by atoms with E-state index in [1.54, 1.807) is 0 Å². The zero-order chi connectivity index (χ0) is 16.3. The van der Waals surface area contributed by atoms with Crippen LogP contribution in [0.15, 0.2) is 23.1 Å². The first kappa shape index (κ1) is 17.5. The molecule has 0 saturated heterocycles. The maximum Gasteiger partial charge on any atom is 0.255 e. The molecule has 0 aromatic heterocycles. The summed E-state index contributed by atoms with van der Waals surface area (Å²) in [6.07, 6.45) is 1.51. The highest BCUT2D eigenvalue weighted by Crippen LogP contribution is 2.23. The maximum atomic E-state index is 12.4. The van der Waals surface area contributed by atoms with E-state index in [9.17, 15) is 13.2 Å². The summed E-state index contributed by atoms with van der Waals surface area (Å²) in [5.41, 5.74) is -0.211. The molecular formula is C14H22N2O4S. The second-order valence-electron chi connectivity index (χ2n) is 5.13. The minimum atomic E-state index is -3.87. The highest BCUT2D eigenvalue weighted by Gasteiger charge is 2.25. The van der Waals surface area contributed by atoms with Crippen molar-refractivity contribution in [3.63, 3.8) is 0 Å². The molecule has 0 spiro atoms. The van der Waals surface area contributed by atoms with E-state index in [1.165, 1.54) is 25.3 Å². The summed E-state index contributed by atoms with van der Waals surface area (Å²) in [5.74, 6) is -0.0852. The summed E-state index contributed by atoms with van der Waals surface area (Å²) in [5, 5.41) is 8.00. The molecule has 0 saturated carbocycles. The number of benzene rings is 1. The van der Waals surface area contributed by atoms with Gasteiger partial charge < -0.3 is 10.1 Å². The first-order valence-corrected chi connectivity index (χ1v) is 8.25. The van der Waals surface area contributed by atoms with E-state index in [-0.39, 0.29) is 21.9 Å². The molecule has 1 aromatic carbocycles. The number of methoxy groups -OCH3 is 1. The van der Waals surface area contributed by atoms with E-state index in [2.05, 4.69) is 5.32 Å². The number of primary sulfonamides is 1. The lowest BCUT2D eigenvalue weighted by atomic mass is 9.95. The van der Waals surface area contributed by atoms with Gasteiger partial charge in [-0.2, -0.15) is 0 Å². The van der Waals surface area contributed by atoms with Crippen molar-refractivity contribution in [1.82, 2.24) is 5.32 Å². The summed E-state index contributed by atoms with van der Waals surface area (Å²) in [6.45, 7) is 5.88. The number of amides is 1. The van der Waals surface area contributed by atoms with E-state index < -0.39 is 10.0 Å². The van der Waals surface area contributed by atoms with Crippen LogP contribution in [0, 0.1) is 0 Å². The number of rotatable bonds is 6. The third-order valence-electron chi connectivity index (χ3n) is 3.72. The number of ether oxygens (including phenoxy) is 1. The van der Waals surface area contributed by atoms with Crippen molar-refractivity contribution in [1.29, 1.82) is 0 Å². The van der Waals surface area contributed by atoms with Gasteiger partial charge in [-0.15, -0.1) is 0 Å². The van der Waals surface area contributed by atoms with Gasteiger partial charge in [-0.25, -0.2) is 13.6 Å². The number of hydrogen-bond donors (Lipinski definition) is 2. The van der Waals surface area contributed by atoms with Gasteiger partial charge in [0.2, 0.25) is 10.0 Å². The van der Waals surface area contributed by atoms with Gasteiger partial charge >= 0.3 is 0 Å². The van der Waals surface area contributed by atoms with Crippen LogP contribution in [0.1, 0.15) is 44.0 Å². The number of carbonyl (C=O) groups is 1. The molecule has 1 rings (SSSR count). The average Bonchev–Trinajstić information content (AvgIpc) is 2.45. The molecule has 0 heterocycles. The number of sulfonamides is 1. The summed E-state index contributed by atoms with van der Waals surface area (Å²) >= 11 is 0. The Balaban J connectivity index is 3.24. The fourth-order valence-electron chi connectivity index (χ4n) is 1.81. The minimum Gasteiger partial charge on any atom is -0.496 e. The minimum absolute atomic E-state index is 0.122. The number of nitrogens with two attached hydrogens (primary N) is 1. The van der Waals surface area contributed by atoms with Crippen LogP contribution in [0.4, 0.5) is 0 Å². The molecule has 1 aromatic rings. The summed E-state index contributed by atoms with van der Waals surface area (Å²) in [7, 11) is -2.46. The Morgan fingerprint density at radius 1 is 1.33 bits per heavy atom. The van der Waals surface area contributed by atoms with Crippen LogP contribution in [-0.2, 0) is 10.0 Å². The zero-order valence-corrected chi connectivity index (χ0v) is 13.6. The van der Waals surface area contributed by atoms with E-state index >= 15 is 0 Å².